The smallest absolute Gasteiger partial charge is 0.319 e. The third-order valence-corrected chi connectivity index (χ3v) is 4.31. The number of ether oxygens (including phenoxy) is 2. The molecule has 0 saturated carbocycles. The molecular formula is C18H29N3O3. The van der Waals surface area contributed by atoms with E-state index in [0.29, 0.717) is 6.54 Å². The lowest BCUT2D eigenvalue weighted by Gasteiger charge is -2.45. The van der Waals surface area contributed by atoms with Crippen LogP contribution < -0.4 is 15.4 Å². The monoisotopic (exact) mass is 335 g/mol. The Labute approximate surface area is 144 Å². The maximum absolute atomic E-state index is 12.1. The summed E-state index contributed by atoms with van der Waals surface area (Å²) in [4.78, 5) is 14.5. The molecule has 0 aromatic heterocycles. The quantitative estimate of drug-likeness (QED) is 0.868. The molecular weight excluding hydrogens is 306 g/mol. The number of morpholine rings is 1. The maximum Gasteiger partial charge on any atom is 0.319 e. The topological polar surface area (TPSA) is 62.8 Å². The van der Waals surface area contributed by atoms with E-state index in [1.54, 1.807) is 7.11 Å². The van der Waals surface area contributed by atoms with E-state index in [4.69, 9.17) is 9.47 Å². The van der Waals surface area contributed by atoms with Gasteiger partial charge < -0.3 is 20.1 Å². The van der Waals surface area contributed by atoms with Crippen LogP contribution in [0.4, 0.5) is 10.5 Å². The molecule has 2 rings (SSSR count). The van der Waals surface area contributed by atoms with Crippen molar-refractivity contribution < 1.29 is 14.3 Å². The summed E-state index contributed by atoms with van der Waals surface area (Å²) in [6.07, 6.45) is 0.419. The molecule has 0 radical (unpaired) electrons. The minimum atomic E-state index is -0.206. The van der Waals surface area contributed by atoms with Crippen molar-refractivity contribution >= 4 is 11.7 Å². The third-order valence-electron chi connectivity index (χ3n) is 4.31. The number of rotatable bonds is 5. The summed E-state index contributed by atoms with van der Waals surface area (Å²) in [5, 5.41) is 5.80. The van der Waals surface area contributed by atoms with Gasteiger partial charge in [0.25, 0.3) is 0 Å². The van der Waals surface area contributed by atoms with Gasteiger partial charge in [-0.1, -0.05) is 0 Å². The molecule has 1 aromatic rings. The van der Waals surface area contributed by atoms with Crippen LogP contribution in [0, 0.1) is 0 Å². The second-order valence-electron chi connectivity index (χ2n) is 7.01. The van der Waals surface area contributed by atoms with Crippen LogP contribution in [0.3, 0.4) is 0 Å². The number of benzene rings is 1. The Morgan fingerprint density at radius 2 is 1.83 bits per heavy atom. The number of hydrogen-bond donors (Lipinski definition) is 2. The van der Waals surface area contributed by atoms with Gasteiger partial charge in [0.15, 0.2) is 0 Å². The molecule has 1 aliphatic heterocycles. The average molecular weight is 335 g/mol. The van der Waals surface area contributed by atoms with E-state index in [1.165, 1.54) is 0 Å². The Balaban J connectivity index is 1.85. The molecule has 1 aliphatic rings. The zero-order valence-corrected chi connectivity index (χ0v) is 15.3. The molecule has 2 atom stereocenters. The van der Waals surface area contributed by atoms with Crippen LogP contribution in [-0.4, -0.2) is 55.4 Å². The zero-order valence-electron chi connectivity index (χ0n) is 15.3. The lowest BCUT2D eigenvalue weighted by Crippen LogP contribution is -2.58. The highest BCUT2D eigenvalue weighted by Crippen LogP contribution is 2.21. The third kappa shape index (κ3) is 5.11. The highest BCUT2D eigenvalue weighted by Gasteiger charge is 2.33. The van der Waals surface area contributed by atoms with Crippen molar-refractivity contribution in [3.05, 3.63) is 24.3 Å². The molecule has 2 amide bonds. The van der Waals surface area contributed by atoms with Gasteiger partial charge in [0.1, 0.15) is 5.75 Å². The summed E-state index contributed by atoms with van der Waals surface area (Å²) in [6, 6.07) is 7.05. The first-order valence-electron chi connectivity index (χ1n) is 8.39. The average Bonchev–Trinajstić information content (AvgIpc) is 2.53. The number of urea groups is 1. The Bertz CT molecular complexity index is 535. The fraction of sp³-hybridized carbons (Fsp3) is 0.611. The Morgan fingerprint density at radius 3 is 2.38 bits per heavy atom. The van der Waals surface area contributed by atoms with Crippen molar-refractivity contribution in [2.24, 2.45) is 0 Å². The van der Waals surface area contributed by atoms with Crippen molar-refractivity contribution in [3.8, 4) is 5.75 Å². The number of methoxy groups -OCH3 is 1. The summed E-state index contributed by atoms with van der Waals surface area (Å²) < 4.78 is 10.9. The summed E-state index contributed by atoms with van der Waals surface area (Å²) >= 11 is 0. The van der Waals surface area contributed by atoms with Crippen molar-refractivity contribution in [2.45, 2.75) is 45.4 Å². The fourth-order valence-electron chi connectivity index (χ4n) is 2.93. The maximum atomic E-state index is 12.1. The van der Waals surface area contributed by atoms with Crippen molar-refractivity contribution in [3.63, 3.8) is 0 Å². The minimum Gasteiger partial charge on any atom is -0.497 e. The predicted molar refractivity (Wildman–Crippen MR) is 95.7 cm³/mol. The summed E-state index contributed by atoms with van der Waals surface area (Å²) in [5.74, 6) is 0.762. The van der Waals surface area contributed by atoms with Crippen molar-refractivity contribution in [2.75, 3.05) is 32.1 Å². The van der Waals surface area contributed by atoms with Crippen LogP contribution in [0.15, 0.2) is 24.3 Å². The first kappa shape index (κ1) is 18.5. The largest absolute Gasteiger partial charge is 0.497 e. The Kier molecular flexibility index (Phi) is 6.07. The van der Waals surface area contributed by atoms with Crippen LogP contribution in [0.5, 0.6) is 5.75 Å². The second kappa shape index (κ2) is 7.85. The summed E-state index contributed by atoms with van der Waals surface area (Å²) in [7, 11) is 1.62. The lowest BCUT2D eigenvalue weighted by molar-refractivity contribution is -0.0947. The highest BCUT2D eigenvalue weighted by molar-refractivity contribution is 5.89. The van der Waals surface area contributed by atoms with Gasteiger partial charge in [0.05, 0.1) is 19.3 Å². The Hall–Kier alpha value is -1.79. The van der Waals surface area contributed by atoms with Crippen LogP contribution in [0.25, 0.3) is 0 Å². The predicted octanol–water partition coefficient (Wildman–Crippen LogP) is 2.70. The molecule has 0 bridgehead atoms. The zero-order chi connectivity index (χ0) is 17.7. The molecule has 6 heteroatoms. The highest BCUT2D eigenvalue weighted by atomic mass is 16.5. The van der Waals surface area contributed by atoms with E-state index in [-0.39, 0.29) is 23.8 Å². The van der Waals surface area contributed by atoms with Crippen LogP contribution in [0.1, 0.15) is 27.7 Å². The molecule has 2 N–H and O–H groups in total. The molecule has 0 spiro atoms. The first-order chi connectivity index (χ1) is 11.3. The van der Waals surface area contributed by atoms with Crippen molar-refractivity contribution in [1.82, 2.24) is 10.2 Å². The van der Waals surface area contributed by atoms with E-state index >= 15 is 0 Å². The molecule has 134 valence electrons. The van der Waals surface area contributed by atoms with Gasteiger partial charge in [-0.2, -0.15) is 0 Å². The second-order valence-corrected chi connectivity index (χ2v) is 7.01. The van der Waals surface area contributed by atoms with E-state index in [9.17, 15) is 4.79 Å². The number of hydrogen-bond acceptors (Lipinski definition) is 4. The SMILES string of the molecule is COc1ccc(NC(=O)NCC(C)(C)N2C[C@H](C)O[C@@H](C)C2)cc1. The molecule has 1 heterocycles. The van der Waals surface area contributed by atoms with E-state index in [0.717, 1.165) is 24.5 Å². The Morgan fingerprint density at radius 1 is 1.25 bits per heavy atom. The van der Waals surface area contributed by atoms with E-state index < -0.39 is 0 Å². The van der Waals surface area contributed by atoms with Gasteiger partial charge in [0, 0.05) is 30.9 Å². The number of anilines is 1. The molecule has 0 aliphatic carbocycles. The number of amides is 2. The van der Waals surface area contributed by atoms with Crippen LogP contribution in [-0.2, 0) is 4.74 Å². The van der Waals surface area contributed by atoms with Gasteiger partial charge in [-0.15, -0.1) is 0 Å². The number of nitrogens with zero attached hydrogens (tertiary/aromatic N) is 1. The molecule has 1 aromatic carbocycles. The fourth-order valence-corrected chi connectivity index (χ4v) is 2.93. The number of carbonyl (C=O) groups excluding carboxylic acids is 1. The standard InChI is InChI=1S/C18H29N3O3/c1-13-10-21(11-14(2)24-13)18(3,4)12-19-17(22)20-15-6-8-16(23-5)9-7-15/h6-9,13-14H,10-12H2,1-5H3,(H2,19,20,22)/t13-,14-/m0/s1. The normalized spacial score (nSPS) is 22.0. The summed E-state index contributed by atoms with van der Waals surface area (Å²) in [6.45, 7) is 10.8. The van der Waals surface area contributed by atoms with Gasteiger partial charge in [-0.3, -0.25) is 4.90 Å². The van der Waals surface area contributed by atoms with E-state index in [2.05, 4.69) is 43.2 Å². The van der Waals surface area contributed by atoms with Gasteiger partial charge in [-0.25, -0.2) is 4.79 Å². The molecule has 1 fully saturated rings. The summed E-state index contributed by atoms with van der Waals surface area (Å²) in [5.41, 5.74) is 0.600. The van der Waals surface area contributed by atoms with Gasteiger partial charge in [0.2, 0.25) is 0 Å². The number of nitrogens with one attached hydrogen (secondary N) is 2. The molecule has 1 saturated heterocycles. The molecule has 24 heavy (non-hydrogen) atoms. The molecule has 0 unspecified atom stereocenters. The minimum absolute atomic E-state index is 0.135. The van der Waals surface area contributed by atoms with E-state index in [1.807, 2.05) is 24.3 Å². The van der Waals surface area contributed by atoms with Gasteiger partial charge >= 0.3 is 6.03 Å². The van der Waals surface area contributed by atoms with Gasteiger partial charge in [-0.05, 0) is 52.0 Å². The first-order valence-corrected chi connectivity index (χ1v) is 8.39. The van der Waals surface area contributed by atoms with Crippen LogP contribution >= 0.6 is 0 Å². The molecule has 6 nitrogen and oxygen atoms in total. The number of carbonyl (C=O) groups is 1. The van der Waals surface area contributed by atoms with Crippen molar-refractivity contribution in [1.29, 1.82) is 0 Å². The van der Waals surface area contributed by atoms with Crippen LogP contribution in [0.2, 0.25) is 0 Å². The lowest BCUT2D eigenvalue weighted by atomic mass is 10.00.